The number of nitrogens with zero attached hydrogens (tertiary/aromatic N) is 5. The van der Waals surface area contributed by atoms with Crippen LogP contribution in [-0.2, 0) is 27.8 Å². The van der Waals surface area contributed by atoms with Gasteiger partial charge in [-0.1, -0.05) is 36.8 Å². The van der Waals surface area contributed by atoms with Gasteiger partial charge in [-0.2, -0.15) is 0 Å². The number of piperazine rings is 1. The molecule has 0 saturated carbocycles. The summed E-state index contributed by atoms with van der Waals surface area (Å²) in [5.41, 5.74) is 3.45. The zero-order chi connectivity index (χ0) is 30.4. The minimum Gasteiger partial charge on any atom is -0.482 e. The molecule has 2 saturated heterocycles. The molecule has 0 bridgehead atoms. The van der Waals surface area contributed by atoms with Gasteiger partial charge in [-0.05, 0) is 62.7 Å². The van der Waals surface area contributed by atoms with Crippen LogP contribution in [0.4, 0.5) is 5.69 Å². The van der Waals surface area contributed by atoms with Gasteiger partial charge >= 0.3 is 0 Å². The fraction of sp³-hybridized carbons (Fsp3) is 0.594. The standard InChI is InChI=1S/C32H48N6O4S/c1-34(2)43(40,41)32-29(38-20-18-35(3)19-21-38)12-9-13-30(32)42-25-31(39)33-22-28(37-15-7-4-8-16-37)24-36-17-14-26-10-5-6-11-27(26)23-36/h5-6,9-13,28H,4,7-8,14-25H2,1-3H3,(H,33,39)/t28-/m1/s1. The van der Waals surface area contributed by atoms with Crippen molar-refractivity contribution in [3.63, 3.8) is 0 Å². The molecule has 1 N–H and O–H groups in total. The van der Waals surface area contributed by atoms with Gasteiger partial charge in [0.25, 0.3) is 5.91 Å². The lowest BCUT2D eigenvalue weighted by Gasteiger charge is -2.39. The Balaban J connectivity index is 1.25. The fourth-order valence-electron chi connectivity index (χ4n) is 6.38. The number of likely N-dealkylation sites (tertiary alicyclic amines) is 1. The van der Waals surface area contributed by atoms with Crippen LogP contribution in [-0.4, -0.2) is 126 Å². The summed E-state index contributed by atoms with van der Waals surface area (Å²) in [6, 6.07) is 14.2. The second-order valence-electron chi connectivity index (χ2n) is 12.3. The number of amides is 1. The minimum atomic E-state index is -3.82. The third-order valence-electron chi connectivity index (χ3n) is 9.02. The predicted octanol–water partition coefficient (Wildman–Crippen LogP) is 2.10. The van der Waals surface area contributed by atoms with Gasteiger partial charge in [0.15, 0.2) is 6.61 Å². The number of hydrogen-bond donors (Lipinski definition) is 1. The van der Waals surface area contributed by atoms with Crippen LogP contribution in [0.25, 0.3) is 0 Å². The zero-order valence-electron chi connectivity index (χ0n) is 26.0. The van der Waals surface area contributed by atoms with E-state index in [9.17, 15) is 13.2 Å². The molecule has 2 aromatic rings. The fourth-order valence-corrected chi connectivity index (χ4v) is 7.59. The van der Waals surface area contributed by atoms with Gasteiger partial charge in [-0.15, -0.1) is 0 Å². The molecule has 0 aliphatic carbocycles. The lowest BCUT2D eigenvalue weighted by Crippen LogP contribution is -2.52. The number of nitrogens with one attached hydrogen (secondary N) is 1. The van der Waals surface area contributed by atoms with Crippen LogP contribution in [0.2, 0.25) is 0 Å². The number of carbonyl (C=O) groups excluding carboxylic acids is 1. The van der Waals surface area contributed by atoms with Gasteiger partial charge in [0.2, 0.25) is 10.0 Å². The smallest absolute Gasteiger partial charge is 0.257 e. The Labute approximate surface area is 257 Å². The Kier molecular flexibility index (Phi) is 10.6. The van der Waals surface area contributed by atoms with Crippen LogP contribution in [0.3, 0.4) is 0 Å². The summed E-state index contributed by atoms with van der Waals surface area (Å²) in [6.07, 6.45) is 4.67. The third-order valence-corrected chi connectivity index (χ3v) is 10.9. The van der Waals surface area contributed by atoms with Crippen LogP contribution >= 0.6 is 0 Å². The largest absolute Gasteiger partial charge is 0.482 e. The molecule has 1 amide bonds. The highest BCUT2D eigenvalue weighted by atomic mass is 32.2. The summed E-state index contributed by atoms with van der Waals surface area (Å²) >= 11 is 0. The first-order chi connectivity index (χ1) is 20.7. The van der Waals surface area contributed by atoms with E-state index in [4.69, 9.17) is 4.74 Å². The first-order valence-corrected chi connectivity index (χ1v) is 17.1. The highest BCUT2D eigenvalue weighted by Gasteiger charge is 2.30. The van der Waals surface area contributed by atoms with Crippen LogP contribution in [0.5, 0.6) is 5.75 Å². The number of rotatable bonds is 11. The maximum atomic E-state index is 13.5. The number of carbonyl (C=O) groups is 1. The van der Waals surface area contributed by atoms with E-state index in [0.717, 1.165) is 65.3 Å². The molecule has 43 heavy (non-hydrogen) atoms. The Bertz CT molecular complexity index is 1340. The van der Waals surface area contributed by atoms with Crippen molar-refractivity contribution in [1.82, 2.24) is 24.3 Å². The Morgan fingerprint density at radius 2 is 1.65 bits per heavy atom. The van der Waals surface area contributed by atoms with E-state index in [0.29, 0.717) is 12.2 Å². The Morgan fingerprint density at radius 3 is 2.37 bits per heavy atom. The van der Waals surface area contributed by atoms with E-state index in [1.807, 2.05) is 6.07 Å². The maximum absolute atomic E-state index is 13.5. The Morgan fingerprint density at radius 1 is 0.930 bits per heavy atom. The number of fused-ring (bicyclic) bond motifs is 1. The molecule has 0 radical (unpaired) electrons. The van der Waals surface area contributed by atoms with Crippen molar-refractivity contribution in [3.05, 3.63) is 53.6 Å². The predicted molar refractivity (Wildman–Crippen MR) is 170 cm³/mol. The minimum absolute atomic E-state index is 0.119. The molecule has 3 aliphatic heterocycles. The van der Waals surface area contributed by atoms with E-state index in [2.05, 4.69) is 56.2 Å². The maximum Gasteiger partial charge on any atom is 0.257 e. The third kappa shape index (κ3) is 7.88. The second kappa shape index (κ2) is 14.4. The summed E-state index contributed by atoms with van der Waals surface area (Å²) in [6.45, 7) is 8.36. The average molecular weight is 613 g/mol. The molecule has 2 fully saturated rings. The average Bonchev–Trinajstić information content (AvgIpc) is 3.02. The summed E-state index contributed by atoms with van der Waals surface area (Å²) in [5, 5.41) is 3.11. The van der Waals surface area contributed by atoms with Crippen molar-refractivity contribution in [1.29, 1.82) is 0 Å². The monoisotopic (exact) mass is 612 g/mol. The molecule has 3 aliphatic rings. The molecule has 236 valence electrons. The summed E-state index contributed by atoms with van der Waals surface area (Å²) in [5.74, 6) is -0.0379. The van der Waals surface area contributed by atoms with Crippen LogP contribution < -0.4 is 15.0 Å². The molecule has 5 rings (SSSR count). The summed E-state index contributed by atoms with van der Waals surface area (Å²) < 4.78 is 34.1. The molecule has 0 unspecified atom stereocenters. The lowest BCUT2D eigenvalue weighted by molar-refractivity contribution is -0.123. The van der Waals surface area contributed by atoms with E-state index in [-0.39, 0.29) is 29.2 Å². The second-order valence-corrected chi connectivity index (χ2v) is 14.4. The molecular formula is C32H48N6O4S. The number of sulfonamides is 1. The number of likely N-dealkylation sites (N-methyl/N-ethyl adjacent to an activating group) is 1. The molecule has 0 aromatic heterocycles. The molecule has 1 atom stereocenters. The van der Waals surface area contributed by atoms with Crippen molar-refractivity contribution < 1.29 is 17.9 Å². The van der Waals surface area contributed by atoms with Gasteiger partial charge in [-0.25, -0.2) is 12.7 Å². The number of ether oxygens (including phenoxy) is 1. The van der Waals surface area contributed by atoms with Crippen LogP contribution in [0.1, 0.15) is 30.4 Å². The molecule has 10 nitrogen and oxygen atoms in total. The van der Waals surface area contributed by atoms with Crippen molar-refractivity contribution in [2.24, 2.45) is 0 Å². The highest BCUT2D eigenvalue weighted by molar-refractivity contribution is 7.89. The molecule has 2 aromatic carbocycles. The topological polar surface area (TPSA) is 88.7 Å². The number of piperidine rings is 1. The van der Waals surface area contributed by atoms with E-state index in [1.165, 1.54) is 48.8 Å². The van der Waals surface area contributed by atoms with E-state index < -0.39 is 10.0 Å². The molecule has 3 heterocycles. The van der Waals surface area contributed by atoms with Crippen molar-refractivity contribution in [2.75, 3.05) is 91.6 Å². The number of benzene rings is 2. The SMILES string of the molecule is CN1CCN(c2cccc(OCC(=O)NC[C@H](CN3CCc4ccccc4C3)N3CCCCC3)c2S(=O)(=O)N(C)C)CC1. The summed E-state index contributed by atoms with van der Waals surface area (Å²) in [4.78, 5) is 22.6. The summed E-state index contributed by atoms with van der Waals surface area (Å²) in [7, 11) is 1.29. The van der Waals surface area contributed by atoms with Gasteiger partial charge in [0, 0.05) is 72.5 Å². The quantitative estimate of drug-likeness (QED) is 0.413. The molecule has 0 spiro atoms. The first-order valence-electron chi connectivity index (χ1n) is 15.6. The van der Waals surface area contributed by atoms with Crippen molar-refractivity contribution >= 4 is 21.6 Å². The lowest BCUT2D eigenvalue weighted by atomic mass is 9.99. The number of hydrogen-bond acceptors (Lipinski definition) is 8. The first kappa shape index (κ1) is 31.7. The van der Waals surface area contributed by atoms with Gasteiger partial charge in [0.05, 0.1) is 5.69 Å². The van der Waals surface area contributed by atoms with Crippen LogP contribution in [0.15, 0.2) is 47.4 Å². The van der Waals surface area contributed by atoms with Gasteiger partial charge in [0.1, 0.15) is 10.6 Å². The van der Waals surface area contributed by atoms with Gasteiger partial charge < -0.3 is 19.9 Å². The zero-order valence-corrected chi connectivity index (χ0v) is 26.8. The van der Waals surface area contributed by atoms with Gasteiger partial charge in [-0.3, -0.25) is 14.6 Å². The normalized spacial score (nSPS) is 19.7. The van der Waals surface area contributed by atoms with E-state index in [1.54, 1.807) is 12.1 Å². The highest BCUT2D eigenvalue weighted by Crippen LogP contribution is 2.36. The number of anilines is 1. The Hall–Kier alpha value is -2.70. The van der Waals surface area contributed by atoms with E-state index >= 15 is 0 Å². The molecule has 11 heteroatoms. The van der Waals surface area contributed by atoms with Crippen molar-refractivity contribution in [3.8, 4) is 5.75 Å². The molecular weight excluding hydrogens is 564 g/mol. The van der Waals surface area contributed by atoms with Crippen LogP contribution in [0, 0.1) is 0 Å². The van der Waals surface area contributed by atoms with Crippen molar-refractivity contribution in [2.45, 2.75) is 43.2 Å².